The standard InChI is InChI=1S/C33H33N2O/c1-4-25-7-14-28(15-8-25)30-23-32(36-33(24-30)29-16-9-26(5-2)10-17-29)20-13-27-11-18-31(19-12-27)35(3)22-6-21-34/h7-20,23-24H,4-6,22H2,1-3H3/q+1/b27-13?,32-20+,35-31?. The molecule has 1 heterocycles. The van der Waals surface area contributed by atoms with E-state index in [-0.39, 0.29) is 0 Å². The van der Waals surface area contributed by atoms with Gasteiger partial charge in [0, 0.05) is 17.7 Å². The van der Waals surface area contributed by atoms with Gasteiger partial charge in [-0.25, -0.2) is 4.58 Å². The summed E-state index contributed by atoms with van der Waals surface area (Å²) in [5.74, 6) is 1.65. The van der Waals surface area contributed by atoms with Crippen LogP contribution in [0.25, 0.3) is 11.3 Å². The first-order chi connectivity index (χ1) is 17.6. The van der Waals surface area contributed by atoms with Crippen LogP contribution in [0, 0.1) is 11.3 Å². The molecule has 1 aliphatic heterocycles. The van der Waals surface area contributed by atoms with E-state index in [9.17, 15) is 0 Å². The van der Waals surface area contributed by atoms with Crippen molar-refractivity contribution in [2.75, 3.05) is 13.6 Å². The molecule has 3 heteroatoms. The molecule has 0 radical (unpaired) electrons. The summed E-state index contributed by atoms with van der Waals surface area (Å²) in [5.41, 5.74) is 8.21. The van der Waals surface area contributed by atoms with E-state index in [0.29, 0.717) is 6.42 Å². The first kappa shape index (κ1) is 24.9. The predicted molar refractivity (Wildman–Crippen MR) is 149 cm³/mol. The maximum atomic E-state index is 8.82. The molecule has 2 aromatic rings. The van der Waals surface area contributed by atoms with Crippen LogP contribution in [0.3, 0.4) is 0 Å². The molecule has 0 aromatic heterocycles. The summed E-state index contributed by atoms with van der Waals surface area (Å²) in [4.78, 5) is 0. The van der Waals surface area contributed by atoms with Gasteiger partial charge in [0.25, 0.3) is 0 Å². The summed E-state index contributed by atoms with van der Waals surface area (Å²) < 4.78 is 8.44. The van der Waals surface area contributed by atoms with Gasteiger partial charge in [-0.1, -0.05) is 68.5 Å². The van der Waals surface area contributed by atoms with Crippen molar-refractivity contribution in [2.24, 2.45) is 0 Å². The van der Waals surface area contributed by atoms with E-state index < -0.39 is 0 Å². The Balaban J connectivity index is 1.63. The van der Waals surface area contributed by atoms with Gasteiger partial charge in [0.2, 0.25) is 0 Å². The van der Waals surface area contributed by atoms with Gasteiger partial charge in [0.15, 0.2) is 12.3 Å². The Hall–Kier alpha value is -4.16. The normalized spacial score (nSPS) is 15.8. The maximum Gasteiger partial charge on any atom is 0.199 e. The monoisotopic (exact) mass is 473 g/mol. The van der Waals surface area contributed by atoms with E-state index in [1.54, 1.807) is 0 Å². The van der Waals surface area contributed by atoms with Crippen LogP contribution in [0.1, 0.15) is 42.5 Å². The third-order valence-electron chi connectivity index (χ3n) is 6.49. The zero-order valence-electron chi connectivity index (χ0n) is 21.4. The fourth-order valence-corrected chi connectivity index (χ4v) is 4.12. The molecule has 0 N–H and O–H groups in total. The second-order valence-corrected chi connectivity index (χ2v) is 8.97. The van der Waals surface area contributed by atoms with Gasteiger partial charge in [-0.2, -0.15) is 5.26 Å². The molecule has 180 valence electrons. The average molecular weight is 474 g/mol. The lowest BCUT2D eigenvalue weighted by Gasteiger charge is -2.18. The number of nitriles is 1. The van der Waals surface area contributed by atoms with Crippen molar-refractivity contribution in [3.05, 3.63) is 131 Å². The molecule has 0 saturated heterocycles. The molecule has 0 amide bonds. The molecule has 4 rings (SSSR count). The summed E-state index contributed by atoms with van der Waals surface area (Å²) in [6.45, 7) is 5.06. The second-order valence-electron chi connectivity index (χ2n) is 8.97. The minimum absolute atomic E-state index is 0.515. The minimum Gasteiger partial charge on any atom is -0.457 e. The molecule has 0 fully saturated rings. The zero-order chi connectivity index (χ0) is 25.3. The number of rotatable bonds is 7. The molecule has 2 aromatic carbocycles. The molecule has 0 unspecified atom stereocenters. The molecule has 3 nitrogen and oxygen atoms in total. The van der Waals surface area contributed by atoms with Crippen LogP contribution in [-0.2, 0) is 17.6 Å². The van der Waals surface area contributed by atoms with Crippen LogP contribution >= 0.6 is 0 Å². The summed E-state index contributed by atoms with van der Waals surface area (Å²) in [6, 6.07) is 19.6. The third-order valence-corrected chi connectivity index (χ3v) is 6.49. The first-order valence-corrected chi connectivity index (χ1v) is 12.6. The summed E-state index contributed by atoms with van der Waals surface area (Å²) >= 11 is 0. The molecule has 2 aliphatic rings. The van der Waals surface area contributed by atoms with E-state index >= 15 is 0 Å². The van der Waals surface area contributed by atoms with Gasteiger partial charge in [-0.15, -0.1) is 0 Å². The van der Waals surface area contributed by atoms with Crippen LogP contribution in [0.2, 0.25) is 0 Å². The van der Waals surface area contributed by atoms with Crippen molar-refractivity contribution < 1.29 is 9.31 Å². The summed E-state index contributed by atoms with van der Waals surface area (Å²) in [5, 5.41) is 8.82. The SMILES string of the molecule is CCc1ccc(C2=C/C(=C\C=C3C=CC(=[N+](C)CCC#N)C=C3)OC(c3ccc(CC)cc3)=C2)cc1. The Labute approximate surface area is 215 Å². The smallest absolute Gasteiger partial charge is 0.199 e. The van der Waals surface area contributed by atoms with Crippen LogP contribution in [0.4, 0.5) is 0 Å². The highest BCUT2D eigenvalue weighted by Gasteiger charge is 2.14. The van der Waals surface area contributed by atoms with Crippen molar-refractivity contribution in [3.8, 4) is 6.07 Å². The quantitative estimate of drug-likeness (QED) is 0.399. The highest BCUT2D eigenvalue weighted by atomic mass is 16.5. The van der Waals surface area contributed by atoms with Gasteiger partial charge in [0.05, 0.1) is 12.5 Å². The van der Waals surface area contributed by atoms with E-state index in [1.165, 1.54) is 16.7 Å². The average Bonchev–Trinajstić information content (AvgIpc) is 2.95. The van der Waals surface area contributed by atoms with Crippen molar-refractivity contribution in [1.82, 2.24) is 0 Å². The number of hydrogen-bond donors (Lipinski definition) is 0. The number of benzene rings is 2. The highest BCUT2D eigenvalue weighted by Crippen LogP contribution is 2.32. The molecular formula is C33H33N2O+. The summed E-state index contributed by atoms with van der Waals surface area (Å²) in [6.07, 6.45) is 19.2. The van der Waals surface area contributed by atoms with Gasteiger partial charge < -0.3 is 4.74 Å². The third kappa shape index (κ3) is 6.29. The lowest BCUT2D eigenvalue weighted by atomic mass is 9.98. The Kier molecular flexibility index (Phi) is 8.32. The van der Waals surface area contributed by atoms with Gasteiger partial charge in [0.1, 0.15) is 18.6 Å². The van der Waals surface area contributed by atoms with Crippen molar-refractivity contribution in [1.29, 1.82) is 5.26 Å². The predicted octanol–water partition coefficient (Wildman–Crippen LogP) is 7.20. The Morgan fingerprint density at radius 3 is 2.00 bits per heavy atom. The molecular weight excluding hydrogens is 440 g/mol. The van der Waals surface area contributed by atoms with Crippen molar-refractivity contribution in [3.63, 3.8) is 0 Å². The van der Waals surface area contributed by atoms with Crippen molar-refractivity contribution >= 4 is 17.0 Å². The van der Waals surface area contributed by atoms with Crippen molar-refractivity contribution in [2.45, 2.75) is 33.1 Å². The van der Waals surface area contributed by atoms with Gasteiger partial charge >= 0.3 is 0 Å². The van der Waals surface area contributed by atoms with Crippen LogP contribution in [-0.4, -0.2) is 23.9 Å². The summed E-state index contributed by atoms with van der Waals surface area (Å²) in [7, 11) is 2.01. The van der Waals surface area contributed by atoms with Gasteiger partial charge in [-0.05, 0) is 71.1 Å². The molecule has 0 bridgehead atoms. The highest BCUT2D eigenvalue weighted by molar-refractivity contribution is 6.02. The Morgan fingerprint density at radius 1 is 0.806 bits per heavy atom. The minimum atomic E-state index is 0.515. The van der Waals surface area contributed by atoms with E-state index in [0.717, 1.165) is 53.3 Å². The van der Waals surface area contributed by atoms with E-state index in [1.807, 2.05) is 13.1 Å². The van der Waals surface area contributed by atoms with Crippen LogP contribution < -0.4 is 0 Å². The topological polar surface area (TPSA) is 36.0 Å². The lowest BCUT2D eigenvalue weighted by Crippen LogP contribution is -2.16. The Bertz CT molecular complexity index is 1330. The zero-order valence-corrected chi connectivity index (χ0v) is 21.4. The lowest BCUT2D eigenvalue weighted by molar-refractivity contribution is -0.494. The van der Waals surface area contributed by atoms with E-state index in [2.05, 4.69) is 116 Å². The van der Waals surface area contributed by atoms with Gasteiger partial charge in [-0.3, -0.25) is 0 Å². The second kappa shape index (κ2) is 12.0. The number of aryl methyl sites for hydroxylation is 2. The molecule has 0 saturated carbocycles. The molecule has 0 atom stereocenters. The van der Waals surface area contributed by atoms with E-state index in [4.69, 9.17) is 10.00 Å². The fourth-order valence-electron chi connectivity index (χ4n) is 4.12. The number of hydrogen-bond acceptors (Lipinski definition) is 2. The van der Waals surface area contributed by atoms with Crippen LogP contribution in [0.5, 0.6) is 0 Å². The fraction of sp³-hybridized carbons (Fsp3) is 0.212. The van der Waals surface area contributed by atoms with Crippen LogP contribution in [0.15, 0.2) is 108 Å². The number of ether oxygens (including phenoxy) is 1. The molecule has 0 spiro atoms. The number of allylic oxidation sites excluding steroid dienone is 10. The maximum absolute atomic E-state index is 8.82. The first-order valence-electron chi connectivity index (χ1n) is 12.6. The molecule has 36 heavy (non-hydrogen) atoms. The number of nitrogens with zero attached hydrogens (tertiary/aromatic N) is 2. The largest absolute Gasteiger partial charge is 0.457 e. The Morgan fingerprint density at radius 2 is 1.42 bits per heavy atom. The molecule has 1 aliphatic carbocycles.